The Morgan fingerprint density at radius 1 is 0.955 bits per heavy atom. The standard InChI is InChI=1S/C17H21N3O2/c1-12(2)16(21)18-10-11-19-17(22)20-15-9-5-7-13-6-3-4-8-14(13)15/h3-9,12H,10-11H2,1-2H3,(H,18,21)(H2,19,20,22). The third-order valence-electron chi connectivity index (χ3n) is 3.27. The zero-order valence-electron chi connectivity index (χ0n) is 12.8. The van der Waals surface area contributed by atoms with Crippen LogP contribution in [0.4, 0.5) is 10.5 Å². The molecule has 0 saturated carbocycles. The Hall–Kier alpha value is -2.56. The molecule has 2 aromatic rings. The number of benzene rings is 2. The minimum Gasteiger partial charge on any atom is -0.354 e. The van der Waals surface area contributed by atoms with E-state index in [0.717, 1.165) is 16.5 Å². The van der Waals surface area contributed by atoms with E-state index in [0.29, 0.717) is 13.1 Å². The Kier molecular flexibility index (Phi) is 5.36. The first-order valence-corrected chi connectivity index (χ1v) is 7.38. The van der Waals surface area contributed by atoms with Gasteiger partial charge >= 0.3 is 6.03 Å². The molecule has 2 aromatic carbocycles. The molecule has 5 heteroatoms. The summed E-state index contributed by atoms with van der Waals surface area (Å²) < 4.78 is 0. The fraction of sp³-hybridized carbons (Fsp3) is 0.294. The van der Waals surface area contributed by atoms with E-state index in [1.54, 1.807) is 0 Å². The Balaban J connectivity index is 1.85. The van der Waals surface area contributed by atoms with Crippen LogP contribution in [0.1, 0.15) is 13.8 Å². The lowest BCUT2D eigenvalue weighted by molar-refractivity contribution is -0.123. The Morgan fingerprint density at radius 3 is 2.41 bits per heavy atom. The molecule has 3 N–H and O–H groups in total. The van der Waals surface area contributed by atoms with Gasteiger partial charge in [-0.3, -0.25) is 4.79 Å². The summed E-state index contributed by atoms with van der Waals surface area (Å²) in [4.78, 5) is 23.3. The molecule has 0 bridgehead atoms. The van der Waals surface area contributed by atoms with Gasteiger partial charge in [-0.2, -0.15) is 0 Å². The lowest BCUT2D eigenvalue weighted by atomic mass is 10.1. The molecule has 2 rings (SSSR count). The summed E-state index contributed by atoms with van der Waals surface area (Å²) in [6, 6.07) is 13.3. The van der Waals surface area contributed by atoms with Crippen molar-refractivity contribution in [2.45, 2.75) is 13.8 Å². The van der Waals surface area contributed by atoms with Crippen molar-refractivity contribution in [1.29, 1.82) is 0 Å². The van der Waals surface area contributed by atoms with Crippen molar-refractivity contribution in [3.63, 3.8) is 0 Å². The van der Waals surface area contributed by atoms with Crippen molar-refractivity contribution in [3.8, 4) is 0 Å². The summed E-state index contributed by atoms with van der Waals surface area (Å²) in [6.07, 6.45) is 0. The zero-order chi connectivity index (χ0) is 15.9. The van der Waals surface area contributed by atoms with Crippen molar-refractivity contribution in [1.82, 2.24) is 10.6 Å². The zero-order valence-corrected chi connectivity index (χ0v) is 12.8. The van der Waals surface area contributed by atoms with E-state index in [1.807, 2.05) is 56.3 Å². The number of carbonyl (C=O) groups is 2. The number of hydrogen-bond donors (Lipinski definition) is 3. The third kappa shape index (κ3) is 4.22. The first-order chi connectivity index (χ1) is 10.6. The lowest BCUT2D eigenvalue weighted by Crippen LogP contribution is -2.38. The average molecular weight is 299 g/mol. The molecule has 0 aliphatic carbocycles. The van der Waals surface area contributed by atoms with E-state index in [2.05, 4.69) is 16.0 Å². The largest absolute Gasteiger partial charge is 0.354 e. The molecule has 0 unspecified atom stereocenters. The molecule has 0 aromatic heterocycles. The van der Waals surface area contributed by atoms with E-state index >= 15 is 0 Å². The number of urea groups is 1. The second-order valence-electron chi connectivity index (χ2n) is 5.35. The van der Waals surface area contributed by atoms with E-state index in [1.165, 1.54) is 0 Å². The number of carbonyl (C=O) groups excluding carboxylic acids is 2. The van der Waals surface area contributed by atoms with Crippen LogP contribution >= 0.6 is 0 Å². The highest BCUT2D eigenvalue weighted by Gasteiger charge is 2.07. The van der Waals surface area contributed by atoms with Gasteiger partial charge in [-0.25, -0.2) is 4.79 Å². The summed E-state index contributed by atoms with van der Waals surface area (Å²) in [5.74, 6) is -0.0687. The summed E-state index contributed by atoms with van der Waals surface area (Å²) in [5.41, 5.74) is 0.766. The highest BCUT2D eigenvalue weighted by molar-refractivity contribution is 6.01. The fourth-order valence-corrected chi connectivity index (χ4v) is 2.07. The molecule has 0 radical (unpaired) electrons. The summed E-state index contributed by atoms with van der Waals surface area (Å²) >= 11 is 0. The maximum Gasteiger partial charge on any atom is 0.319 e. The number of fused-ring (bicyclic) bond motifs is 1. The number of rotatable bonds is 5. The molecular formula is C17H21N3O2. The SMILES string of the molecule is CC(C)C(=O)NCCNC(=O)Nc1cccc2ccccc12. The van der Waals surface area contributed by atoms with Crippen molar-refractivity contribution in [3.05, 3.63) is 42.5 Å². The van der Waals surface area contributed by atoms with Crippen LogP contribution in [-0.2, 0) is 4.79 Å². The number of anilines is 1. The van der Waals surface area contributed by atoms with Crippen LogP contribution in [0.3, 0.4) is 0 Å². The predicted molar refractivity (Wildman–Crippen MR) is 88.8 cm³/mol. The van der Waals surface area contributed by atoms with Crippen LogP contribution < -0.4 is 16.0 Å². The van der Waals surface area contributed by atoms with Gasteiger partial charge < -0.3 is 16.0 Å². The van der Waals surface area contributed by atoms with Gasteiger partial charge in [0.1, 0.15) is 0 Å². The normalized spacial score (nSPS) is 10.5. The van der Waals surface area contributed by atoms with Gasteiger partial charge in [0.25, 0.3) is 0 Å². The maximum atomic E-state index is 11.9. The van der Waals surface area contributed by atoms with Gasteiger partial charge in [-0.15, -0.1) is 0 Å². The smallest absolute Gasteiger partial charge is 0.319 e. The van der Waals surface area contributed by atoms with E-state index in [9.17, 15) is 9.59 Å². The molecule has 0 aliphatic heterocycles. The maximum absolute atomic E-state index is 11.9. The second kappa shape index (κ2) is 7.45. The molecule has 3 amide bonds. The molecule has 0 aliphatic rings. The van der Waals surface area contributed by atoms with Crippen LogP contribution in [-0.4, -0.2) is 25.0 Å². The minimum absolute atomic E-state index is 0.0174. The monoisotopic (exact) mass is 299 g/mol. The van der Waals surface area contributed by atoms with Crippen molar-refractivity contribution >= 4 is 28.4 Å². The van der Waals surface area contributed by atoms with E-state index in [4.69, 9.17) is 0 Å². The molecule has 116 valence electrons. The minimum atomic E-state index is -0.282. The fourth-order valence-electron chi connectivity index (χ4n) is 2.07. The van der Waals surface area contributed by atoms with Crippen LogP contribution in [0.15, 0.2) is 42.5 Å². The molecular weight excluding hydrogens is 278 g/mol. The average Bonchev–Trinajstić information content (AvgIpc) is 2.51. The molecule has 0 spiro atoms. The van der Waals surface area contributed by atoms with E-state index < -0.39 is 0 Å². The molecule has 0 heterocycles. The summed E-state index contributed by atoms with van der Waals surface area (Å²) in [6.45, 7) is 4.46. The second-order valence-corrected chi connectivity index (χ2v) is 5.35. The Bertz CT molecular complexity index is 663. The van der Waals surface area contributed by atoms with Crippen LogP contribution in [0.2, 0.25) is 0 Å². The van der Waals surface area contributed by atoms with Crippen molar-refractivity contribution < 1.29 is 9.59 Å². The third-order valence-corrected chi connectivity index (χ3v) is 3.27. The van der Waals surface area contributed by atoms with Gasteiger partial charge in [0.15, 0.2) is 0 Å². The molecule has 5 nitrogen and oxygen atoms in total. The quantitative estimate of drug-likeness (QED) is 0.743. The van der Waals surface area contributed by atoms with Crippen molar-refractivity contribution in [2.75, 3.05) is 18.4 Å². The first kappa shape index (κ1) is 15.8. The molecule has 22 heavy (non-hydrogen) atoms. The first-order valence-electron chi connectivity index (χ1n) is 7.38. The molecule has 0 atom stereocenters. The number of amides is 3. The number of hydrogen-bond acceptors (Lipinski definition) is 2. The lowest BCUT2D eigenvalue weighted by Gasteiger charge is -2.11. The van der Waals surface area contributed by atoms with Crippen LogP contribution in [0, 0.1) is 5.92 Å². The Labute approximate surface area is 130 Å². The molecule has 0 fully saturated rings. The van der Waals surface area contributed by atoms with Gasteiger partial charge in [0.05, 0.1) is 5.69 Å². The summed E-state index contributed by atoms with van der Waals surface area (Å²) in [5, 5.41) is 10.4. The van der Waals surface area contributed by atoms with Gasteiger partial charge in [-0.1, -0.05) is 50.2 Å². The highest BCUT2D eigenvalue weighted by atomic mass is 16.2. The predicted octanol–water partition coefficient (Wildman–Crippen LogP) is 2.73. The number of nitrogens with one attached hydrogen (secondary N) is 3. The van der Waals surface area contributed by atoms with Crippen LogP contribution in [0.25, 0.3) is 10.8 Å². The molecule has 0 saturated heterocycles. The van der Waals surface area contributed by atoms with Crippen LogP contribution in [0.5, 0.6) is 0 Å². The Morgan fingerprint density at radius 2 is 1.64 bits per heavy atom. The van der Waals surface area contributed by atoms with Crippen molar-refractivity contribution in [2.24, 2.45) is 5.92 Å². The highest BCUT2D eigenvalue weighted by Crippen LogP contribution is 2.22. The van der Waals surface area contributed by atoms with Gasteiger partial charge in [0, 0.05) is 24.4 Å². The van der Waals surface area contributed by atoms with Gasteiger partial charge in [-0.05, 0) is 11.5 Å². The summed E-state index contributed by atoms with van der Waals surface area (Å²) in [7, 11) is 0. The van der Waals surface area contributed by atoms with E-state index in [-0.39, 0.29) is 17.9 Å². The topological polar surface area (TPSA) is 70.2 Å². The van der Waals surface area contributed by atoms with Gasteiger partial charge in [0.2, 0.25) is 5.91 Å².